The molecule has 146 valence electrons. The number of hydrogen-bond acceptors (Lipinski definition) is 7. The average Bonchev–Trinajstić information content (AvgIpc) is 3.37. The van der Waals surface area contributed by atoms with Crippen molar-refractivity contribution in [3.8, 4) is 23.0 Å². The Balaban J connectivity index is 1.64. The van der Waals surface area contributed by atoms with E-state index in [1.54, 1.807) is 12.1 Å². The molecule has 0 saturated carbocycles. The number of benzene rings is 2. The number of methoxy groups -OCH3 is 2. The maximum atomic E-state index is 13.1. The second-order valence-electron chi connectivity index (χ2n) is 6.32. The summed E-state index contributed by atoms with van der Waals surface area (Å²) in [5.74, 6) is 1.13. The SMILES string of the molecule is COc1c(C[C@@H]2CC(c3ccc(F)cc3)=NO2)c(C=O)c2c(c1OC)OCO2. The summed E-state index contributed by atoms with van der Waals surface area (Å²) in [7, 11) is 2.99. The van der Waals surface area contributed by atoms with Crippen molar-refractivity contribution >= 4 is 12.0 Å². The number of ether oxygens (including phenoxy) is 4. The van der Waals surface area contributed by atoms with E-state index in [1.165, 1.54) is 26.4 Å². The number of nitrogens with zero attached hydrogens (tertiary/aromatic N) is 1. The molecular weight excluding hydrogens is 369 g/mol. The zero-order valence-corrected chi connectivity index (χ0v) is 15.4. The molecule has 2 aromatic carbocycles. The Morgan fingerprint density at radius 2 is 1.86 bits per heavy atom. The number of fused-ring (bicyclic) bond motifs is 1. The second kappa shape index (κ2) is 7.38. The Morgan fingerprint density at radius 3 is 2.54 bits per heavy atom. The lowest BCUT2D eigenvalue weighted by atomic mass is 9.95. The molecular formula is C20H18FNO6. The lowest BCUT2D eigenvalue weighted by molar-refractivity contribution is 0.0850. The average molecular weight is 387 g/mol. The molecule has 0 spiro atoms. The third-order valence-corrected chi connectivity index (χ3v) is 4.74. The van der Waals surface area contributed by atoms with Crippen LogP contribution in [0, 0.1) is 5.82 Å². The van der Waals surface area contributed by atoms with Crippen LogP contribution in [0.5, 0.6) is 23.0 Å². The van der Waals surface area contributed by atoms with Crippen LogP contribution >= 0.6 is 0 Å². The molecule has 0 saturated heterocycles. The molecule has 0 N–H and O–H groups in total. The molecule has 0 fully saturated rings. The predicted octanol–water partition coefficient (Wildman–Crippen LogP) is 3.12. The van der Waals surface area contributed by atoms with Crippen LogP contribution in [0.15, 0.2) is 29.4 Å². The largest absolute Gasteiger partial charge is 0.492 e. The standard InChI is InChI=1S/C20H18FNO6/c1-24-17-14(15(9-23)18-20(19(17)25-2)27-10-26-18)7-13-8-16(22-28-13)11-3-5-12(21)6-4-11/h3-6,9,13H,7-8,10H2,1-2H3/t13-/m1/s1. The zero-order chi connectivity index (χ0) is 19.7. The van der Waals surface area contributed by atoms with Crippen molar-refractivity contribution in [1.29, 1.82) is 0 Å². The van der Waals surface area contributed by atoms with Gasteiger partial charge in [-0.2, -0.15) is 0 Å². The van der Waals surface area contributed by atoms with Crippen molar-refractivity contribution in [2.75, 3.05) is 21.0 Å². The van der Waals surface area contributed by atoms with Crippen molar-refractivity contribution in [3.05, 3.63) is 46.8 Å². The van der Waals surface area contributed by atoms with Gasteiger partial charge in [0.05, 0.1) is 25.5 Å². The molecule has 0 amide bonds. The Hall–Kier alpha value is -3.29. The Bertz CT molecular complexity index is 941. The van der Waals surface area contributed by atoms with E-state index in [2.05, 4.69) is 5.16 Å². The zero-order valence-electron chi connectivity index (χ0n) is 15.4. The molecule has 0 bridgehead atoms. The smallest absolute Gasteiger partial charge is 0.231 e. The number of oxime groups is 1. The minimum atomic E-state index is -0.322. The van der Waals surface area contributed by atoms with E-state index in [0.717, 1.165) is 5.56 Å². The lowest BCUT2D eigenvalue weighted by Gasteiger charge is -2.18. The summed E-state index contributed by atoms with van der Waals surface area (Å²) < 4.78 is 35.0. The minimum absolute atomic E-state index is 0.00308. The lowest BCUT2D eigenvalue weighted by Crippen LogP contribution is -2.15. The van der Waals surface area contributed by atoms with Crippen LogP contribution in [-0.4, -0.2) is 39.1 Å². The van der Waals surface area contributed by atoms with E-state index in [9.17, 15) is 9.18 Å². The first kappa shape index (κ1) is 18.1. The summed E-state index contributed by atoms with van der Waals surface area (Å²) in [6.07, 6.45) is 1.24. The van der Waals surface area contributed by atoms with Gasteiger partial charge in [0.15, 0.2) is 17.8 Å². The molecule has 2 heterocycles. The highest BCUT2D eigenvalue weighted by Gasteiger charge is 2.33. The van der Waals surface area contributed by atoms with Gasteiger partial charge in [0.1, 0.15) is 11.9 Å². The first-order valence-corrected chi connectivity index (χ1v) is 8.66. The highest BCUT2D eigenvalue weighted by molar-refractivity contribution is 6.01. The Labute approximate surface area is 160 Å². The third kappa shape index (κ3) is 3.00. The van der Waals surface area contributed by atoms with Gasteiger partial charge in [-0.05, 0) is 17.7 Å². The van der Waals surface area contributed by atoms with Crippen molar-refractivity contribution in [1.82, 2.24) is 0 Å². The van der Waals surface area contributed by atoms with Crippen molar-refractivity contribution < 1.29 is 33.0 Å². The van der Waals surface area contributed by atoms with Gasteiger partial charge in [0, 0.05) is 18.4 Å². The van der Waals surface area contributed by atoms with Gasteiger partial charge in [-0.3, -0.25) is 4.79 Å². The van der Waals surface area contributed by atoms with Gasteiger partial charge in [0.2, 0.25) is 18.3 Å². The van der Waals surface area contributed by atoms with Crippen LogP contribution in [0.1, 0.15) is 27.9 Å². The fourth-order valence-corrected chi connectivity index (χ4v) is 3.45. The van der Waals surface area contributed by atoms with Gasteiger partial charge >= 0.3 is 0 Å². The molecule has 4 rings (SSSR count). The van der Waals surface area contributed by atoms with E-state index in [4.69, 9.17) is 23.8 Å². The molecule has 2 aromatic rings. The fraction of sp³-hybridized carbons (Fsp3) is 0.300. The number of rotatable bonds is 6. The predicted molar refractivity (Wildman–Crippen MR) is 97.2 cm³/mol. The van der Waals surface area contributed by atoms with E-state index < -0.39 is 0 Å². The molecule has 1 atom stereocenters. The summed E-state index contributed by atoms with van der Waals surface area (Å²) in [5.41, 5.74) is 2.43. The first-order chi connectivity index (χ1) is 13.7. The van der Waals surface area contributed by atoms with Crippen molar-refractivity contribution in [2.24, 2.45) is 5.16 Å². The van der Waals surface area contributed by atoms with Crippen molar-refractivity contribution in [3.63, 3.8) is 0 Å². The summed E-state index contributed by atoms with van der Waals surface area (Å²) in [6, 6.07) is 6.06. The summed E-state index contributed by atoms with van der Waals surface area (Å²) >= 11 is 0. The molecule has 0 aliphatic carbocycles. The van der Waals surface area contributed by atoms with Crippen LogP contribution in [0.3, 0.4) is 0 Å². The van der Waals surface area contributed by atoms with Gasteiger partial charge < -0.3 is 23.8 Å². The van der Waals surface area contributed by atoms with Crippen LogP contribution in [0.4, 0.5) is 4.39 Å². The Kier molecular flexibility index (Phi) is 4.77. The molecule has 2 aliphatic heterocycles. The van der Waals surface area contributed by atoms with Gasteiger partial charge in [0.25, 0.3) is 0 Å². The molecule has 28 heavy (non-hydrogen) atoms. The van der Waals surface area contributed by atoms with Gasteiger partial charge in [-0.1, -0.05) is 17.3 Å². The molecule has 8 heteroatoms. The van der Waals surface area contributed by atoms with Gasteiger partial charge in [-0.25, -0.2) is 4.39 Å². The molecule has 7 nitrogen and oxygen atoms in total. The quantitative estimate of drug-likeness (QED) is 0.709. The highest BCUT2D eigenvalue weighted by Crippen LogP contribution is 2.51. The van der Waals surface area contributed by atoms with E-state index >= 15 is 0 Å². The Morgan fingerprint density at radius 1 is 1.14 bits per heavy atom. The summed E-state index contributed by atoms with van der Waals surface area (Å²) in [4.78, 5) is 17.4. The van der Waals surface area contributed by atoms with Crippen LogP contribution < -0.4 is 18.9 Å². The van der Waals surface area contributed by atoms with E-state index in [1.807, 2.05) is 0 Å². The normalized spacial score (nSPS) is 17.1. The topological polar surface area (TPSA) is 75.6 Å². The van der Waals surface area contributed by atoms with E-state index in [-0.39, 0.29) is 18.7 Å². The molecule has 0 aromatic heterocycles. The number of halogens is 1. The molecule has 2 aliphatic rings. The highest BCUT2D eigenvalue weighted by atomic mass is 19.1. The maximum absolute atomic E-state index is 13.1. The molecule has 0 unspecified atom stereocenters. The van der Waals surface area contributed by atoms with E-state index in [0.29, 0.717) is 59.0 Å². The van der Waals surface area contributed by atoms with Crippen LogP contribution in [-0.2, 0) is 11.3 Å². The number of carbonyl (C=O) groups is 1. The third-order valence-electron chi connectivity index (χ3n) is 4.74. The minimum Gasteiger partial charge on any atom is -0.492 e. The second-order valence-corrected chi connectivity index (χ2v) is 6.32. The number of aldehydes is 1. The monoisotopic (exact) mass is 387 g/mol. The number of hydrogen-bond donors (Lipinski definition) is 0. The first-order valence-electron chi connectivity index (χ1n) is 8.66. The maximum Gasteiger partial charge on any atom is 0.231 e. The van der Waals surface area contributed by atoms with Crippen LogP contribution in [0.25, 0.3) is 0 Å². The summed E-state index contributed by atoms with van der Waals surface area (Å²) in [6.45, 7) is -0.00308. The fourth-order valence-electron chi connectivity index (χ4n) is 3.45. The molecule has 0 radical (unpaired) electrons. The van der Waals surface area contributed by atoms with Gasteiger partial charge in [-0.15, -0.1) is 0 Å². The van der Waals surface area contributed by atoms with Crippen molar-refractivity contribution in [2.45, 2.75) is 18.9 Å². The van der Waals surface area contributed by atoms with Crippen LogP contribution in [0.2, 0.25) is 0 Å². The summed E-state index contributed by atoms with van der Waals surface area (Å²) in [5, 5.41) is 4.12. The number of carbonyl (C=O) groups excluding carboxylic acids is 1.